The summed E-state index contributed by atoms with van der Waals surface area (Å²) < 4.78 is 15.5. The van der Waals surface area contributed by atoms with Gasteiger partial charge in [-0.1, -0.05) is 5.16 Å². The molecule has 6 heteroatoms. The molecule has 2 rings (SSSR count). The third-order valence-corrected chi connectivity index (χ3v) is 2.66. The Morgan fingerprint density at radius 1 is 1.21 bits per heavy atom. The molecule has 0 saturated carbocycles. The molecule has 1 heterocycles. The zero-order valence-electron chi connectivity index (χ0n) is 10.9. The molecule has 1 aromatic heterocycles. The maximum atomic E-state index is 8.76. The first-order valence-corrected chi connectivity index (χ1v) is 5.94. The molecule has 0 aliphatic carbocycles. The lowest BCUT2D eigenvalue weighted by atomic mass is 10.2. The van der Waals surface area contributed by atoms with E-state index in [-0.39, 0.29) is 6.61 Å². The molecule has 102 valence electrons. The number of aliphatic hydroxyl groups is 1. The van der Waals surface area contributed by atoms with Crippen LogP contribution in [0.1, 0.15) is 12.3 Å². The fourth-order valence-electron chi connectivity index (χ4n) is 1.68. The Hall–Kier alpha value is -2.08. The number of aryl methyl sites for hydroxylation is 1. The van der Waals surface area contributed by atoms with Gasteiger partial charge in [0.15, 0.2) is 11.5 Å². The molecule has 0 saturated heterocycles. The number of aromatic nitrogens is 2. The van der Waals surface area contributed by atoms with Crippen LogP contribution in [-0.4, -0.2) is 36.1 Å². The zero-order chi connectivity index (χ0) is 13.7. The van der Waals surface area contributed by atoms with Crippen LogP contribution < -0.4 is 9.47 Å². The minimum absolute atomic E-state index is 0.105. The van der Waals surface area contributed by atoms with Crippen molar-refractivity contribution in [3.63, 3.8) is 0 Å². The Kier molecular flexibility index (Phi) is 4.35. The van der Waals surface area contributed by atoms with Crippen molar-refractivity contribution in [2.75, 3.05) is 20.8 Å². The fraction of sp³-hybridized carbons (Fsp3) is 0.385. The van der Waals surface area contributed by atoms with Crippen LogP contribution in [0.4, 0.5) is 0 Å². The Bertz CT molecular complexity index is 539. The zero-order valence-corrected chi connectivity index (χ0v) is 10.9. The number of rotatable bonds is 6. The van der Waals surface area contributed by atoms with Gasteiger partial charge in [-0.15, -0.1) is 0 Å². The smallest absolute Gasteiger partial charge is 0.227 e. The first-order chi connectivity index (χ1) is 9.28. The summed E-state index contributed by atoms with van der Waals surface area (Å²) in [5, 5.41) is 12.7. The summed E-state index contributed by atoms with van der Waals surface area (Å²) in [7, 11) is 3.16. The van der Waals surface area contributed by atoms with E-state index in [2.05, 4.69) is 10.1 Å². The highest BCUT2D eigenvalue weighted by Gasteiger charge is 2.11. The van der Waals surface area contributed by atoms with Gasteiger partial charge >= 0.3 is 0 Å². The molecule has 0 unspecified atom stereocenters. The maximum absolute atomic E-state index is 8.76. The van der Waals surface area contributed by atoms with E-state index in [1.807, 2.05) is 6.07 Å². The van der Waals surface area contributed by atoms with Gasteiger partial charge in [-0.3, -0.25) is 0 Å². The van der Waals surface area contributed by atoms with Gasteiger partial charge in [0, 0.05) is 18.6 Å². The molecule has 0 bridgehead atoms. The molecular weight excluding hydrogens is 248 g/mol. The van der Waals surface area contributed by atoms with E-state index >= 15 is 0 Å². The first kappa shape index (κ1) is 13.4. The lowest BCUT2D eigenvalue weighted by molar-refractivity contribution is 0.278. The van der Waals surface area contributed by atoms with Crippen LogP contribution in [0.15, 0.2) is 22.7 Å². The maximum Gasteiger partial charge on any atom is 0.227 e. The summed E-state index contributed by atoms with van der Waals surface area (Å²) in [5.41, 5.74) is 0.789. The van der Waals surface area contributed by atoms with Gasteiger partial charge in [-0.05, 0) is 24.6 Å². The van der Waals surface area contributed by atoms with Crippen LogP contribution in [0.5, 0.6) is 11.5 Å². The molecule has 0 radical (unpaired) electrons. The second kappa shape index (κ2) is 6.19. The number of nitrogens with zero attached hydrogens (tertiary/aromatic N) is 2. The van der Waals surface area contributed by atoms with Crippen LogP contribution in [0.2, 0.25) is 0 Å². The Morgan fingerprint density at radius 2 is 2.00 bits per heavy atom. The number of benzene rings is 1. The molecule has 0 aliphatic rings. The Balaban J connectivity index is 2.23. The Morgan fingerprint density at radius 3 is 2.68 bits per heavy atom. The third-order valence-electron chi connectivity index (χ3n) is 2.66. The number of hydrogen-bond acceptors (Lipinski definition) is 6. The molecule has 1 aromatic carbocycles. The van der Waals surface area contributed by atoms with Gasteiger partial charge in [-0.25, -0.2) is 0 Å². The standard InChI is InChI=1S/C13H16N2O4/c1-17-10-6-5-9(8-11(10)18-2)13-14-12(19-15-13)4-3-7-16/h5-6,8,16H,3-4,7H2,1-2H3. The largest absolute Gasteiger partial charge is 0.493 e. The van der Waals surface area contributed by atoms with Crippen molar-refractivity contribution in [1.82, 2.24) is 10.1 Å². The SMILES string of the molecule is COc1ccc(-c2noc(CCCO)n2)cc1OC. The fourth-order valence-corrected chi connectivity index (χ4v) is 1.68. The van der Waals surface area contributed by atoms with Crippen LogP contribution >= 0.6 is 0 Å². The van der Waals surface area contributed by atoms with Gasteiger partial charge in [-0.2, -0.15) is 4.98 Å². The van der Waals surface area contributed by atoms with E-state index in [1.165, 1.54) is 0 Å². The van der Waals surface area contributed by atoms with Crippen molar-refractivity contribution in [3.05, 3.63) is 24.1 Å². The van der Waals surface area contributed by atoms with E-state index in [9.17, 15) is 0 Å². The van der Waals surface area contributed by atoms with Crippen molar-refractivity contribution in [2.45, 2.75) is 12.8 Å². The first-order valence-electron chi connectivity index (χ1n) is 5.94. The molecule has 6 nitrogen and oxygen atoms in total. The molecule has 0 atom stereocenters. The van der Waals surface area contributed by atoms with Crippen molar-refractivity contribution in [1.29, 1.82) is 0 Å². The summed E-state index contributed by atoms with van der Waals surface area (Å²) >= 11 is 0. The number of ether oxygens (including phenoxy) is 2. The molecular formula is C13H16N2O4. The summed E-state index contributed by atoms with van der Waals surface area (Å²) in [5.74, 6) is 2.27. The average Bonchev–Trinajstić information content (AvgIpc) is 2.93. The van der Waals surface area contributed by atoms with E-state index in [0.717, 1.165) is 5.56 Å². The van der Waals surface area contributed by atoms with Gasteiger partial charge in [0.05, 0.1) is 14.2 Å². The van der Waals surface area contributed by atoms with Gasteiger partial charge in [0.1, 0.15) is 0 Å². The molecule has 1 N–H and O–H groups in total. The van der Waals surface area contributed by atoms with Crippen molar-refractivity contribution >= 4 is 0 Å². The van der Waals surface area contributed by atoms with Crippen molar-refractivity contribution in [3.8, 4) is 22.9 Å². The highest BCUT2D eigenvalue weighted by Crippen LogP contribution is 2.31. The lowest BCUT2D eigenvalue weighted by Crippen LogP contribution is -1.92. The minimum Gasteiger partial charge on any atom is -0.493 e. The van der Waals surface area contributed by atoms with E-state index in [4.69, 9.17) is 19.1 Å². The second-order valence-corrected chi connectivity index (χ2v) is 3.91. The molecule has 0 fully saturated rings. The van der Waals surface area contributed by atoms with Gasteiger partial charge in [0.2, 0.25) is 11.7 Å². The summed E-state index contributed by atoms with van der Waals surface area (Å²) in [6, 6.07) is 5.42. The van der Waals surface area contributed by atoms with Crippen LogP contribution in [0, 0.1) is 0 Å². The van der Waals surface area contributed by atoms with Crippen LogP contribution in [-0.2, 0) is 6.42 Å². The number of methoxy groups -OCH3 is 2. The monoisotopic (exact) mass is 264 g/mol. The second-order valence-electron chi connectivity index (χ2n) is 3.91. The molecule has 0 amide bonds. The van der Waals surface area contributed by atoms with Gasteiger partial charge < -0.3 is 19.1 Å². The third kappa shape index (κ3) is 3.03. The van der Waals surface area contributed by atoms with Crippen LogP contribution in [0.3, 0.4) is 0 Å². The number of aliphatic hydroxyl groups excluding tert-OH is 1. The highest BCUT2D eigenvalue weighted by molar-refractivity contribution is 5.60. The van der Waals surface area contributed by atoms with E-state index in [1.54, 1.807) is 26.4 Å². The van der Waals surface area contributed by atoms with Gasteiger partial charge in [0.25, 0.3) is 0 Å². The normalized spacial score (nSPS) is 10.5. The predicted molar refractivity (Wildman–Crippen MR) is 68.2 cm³/mol. The molecule has 19 heavy (non-hydrogen) atoms. The van der Waals surface area contributed by atoms with Crippen LogP contribution in [0.25, 0.3) is 11.4 Å². The van der Waals surface area contributed by atoms with Crippen molar-refractivity contribution in [2.24, 2.45) is 0 Å². The highest BCUT2D eigenvalue weighted by atomic mass is 16.5. The average molecular weight is 264 g/mol. The van der Waals surface area contributed by atoms with E-state index in [0.29, 0.717) is 36.1 Å². The lowest BCUT2D eigenvalue weighted by Gasteiger charge is -2.07. The quantitative estimate of drug-likeness (QED) is 0.855. The predicted octanol–water partition coefficient (Wildman–Crippen LogP) is 1.68. The summed E-state index contributed by atoms with van der Waals surface area (Å²) in [4.78, 5) is 4.26. The minimum atomic E-state index is 0.105. The number of hydrogen-bond donors (Lipinski definition) is 1. The topological polar surface area (TPSA) is 77.6 Å². The van der Waals surface area contributed by atoms with Crippen molar-refractivity contribution < 1.29 is 19.1 Å². The summed E-state index contributed by atoms with van der Waals surface area (Å²) in [6.07, 6.45) is 1.17. The summed E-state index contributed by atoms with van der Waals surface area (Å²) in [6.45, 7) is 0.105. The molecule has 2 aromatic rings. The molecule has 0 aliphatic heterocycles. The van der Waals surface area contributed by atoms with E-state index < -0.39 is 0 Å². The molecule has 0 spiro atoms. The Labute approximate surface area is 111 Å².